The molecule has 1 heteroatoms. The summed E-state index contributed by atoms with van der Waals surface area (Å²) < 4.78 is 0. The Morgan fingerprint density at radius 2 is 1.79 bits per heavy atom. The van der Waals surface area contributed by atoms with E-state index in [1.165, 1.54) is 12.8 Å². The Labute approximate surface area is 88.9 Å². The van der Waals surface area contributed by atoms with Crippen LogP contribution >= 0.6 is 0 Å². The highest BCUT2D eigenvalue weighted by Crippen LogP contribution is 2.41. The summed E-state index contributed by atoms with van der Waals surface area (Å²) in [6, 6.07) is 0. The zero-order chi connectivity index (χ0) is 10.9. The van der Waals surface area contributed by atoms with Crippen molar-refractivity contribution in [2.75, 3.05) is 0 Å². The third kappa shape index (κ3) is 2.13. The molecule has 1 fully saturated rings. The van der Waals surface area contributed by atoms with Gasteiger partial charge in [-0.3, -0.25) is 0 Å². The van der Waals surface area contributed by atoms with Crippen molar-refractivity contribution in [3.63, 3.8) is 0 Å². The number of aliphatic hydroxyl groups excluding tert-OH is 1. The van der Waals surface area contributed by atoms with Crippen LogP contribution in [0.2, 0.25) is 0 Å². The van der Waals surface area contributed by atoms with Gasteiger partial charge in [0.1, 0.15) is 0 Å². The number of hydrogen-bond acceptors (Lipinski definition) is 1. The molecule has 14 heavy (non-hydrogen) atoms. The quantitative estimate of drug-likeness (QED) is 0.721. The van der Waals surface area contributed by atoms with Crippen LogP contribution in [0.4, 0.5) is 0 Å². The van der Waals surface area contributed by atoms with E-state index in [0.29, 0.717) is 29.6 Å². The van der Waals surface area contributed by atoms with E-state index in [4.69, 9.17) is 0 Å². The molecule has 0 aromatic rings. The van der Waals surface area contributed by atoms with Gasteiger partial charge in [-0.1, -0.05) is 41.0 Å². The maximum Gasteiger partial charge on any atom is 0.0601 e. The maximum absolute atomic E-state index is 10.3. The summed E-state index contributed by atoms with van der Waals surface area (Å²) in [5.74, 6) is 3.03. The van der Waals surface area contributed by atoms with Crippen molar-refractivity contribution in [1.29, 1.82) is 0 Å². The molecule has 0 aliphatic heterocycles. The third-order valence-electron chi connectivity index (χ3n) is 4.53. The molecule has 1 nitrogen and oxygen atoms in total. The van der Waals surface area contributed by atoms with Gasteiger partial charge in [-0.15, -0.1) is 0 Å². The maximum atomic E-state index is 10.3. The van der Waals surface area contributed by atoms with Gasteiger partial charge in [-0.05, 0) is 36.0 Å². The standard InChI is InChI=1S/C13H26O/c1-6-8(2)12-10(4)7-9(3)11(5)13(12)14/h8-14H,6-7H2,1-5H3. The second-order valence-corrected chi connectivity index (χ2v) is 5.50. The molecule has 0 aromatic carbocycles. The lowest BCUT2D eigenvalue weighted by Crippen LogP contribution is -2.43. The van der Waals surface area contributed by atoms with E-state index in [9.17, 15) is 5.11 Å². The summed E-state index contributed by atoms with van der Waals surface area (Å²) in [6.07, 6.45) is 2.39. The van der Waals surface area contributed by atoms with Crippen LogP contribution in [0, 0.1) is 29.6 Å². The van der Waals surface area contributed by atoms with E-state index >= 15 is 0 Å². The molecule has 0 saturated heterocycles. The fraction of sp³-hybridized carbons (Fsp3) is 1.00. The highest BCUT2D eigenvalue weighted by atomic mass is 16.3. The Balaban J connectivity index is 2.73. The zero-order valence-corrected chi connectivity index (χ0v) is 10.3. The molecule has 0 heterocycles. The lowest BCUT2D eigenvalue weighted by Gasteiger charge is -2.44. The average Bonchev–Trinajstić information content (AvgIpc) is 2.14. The first kappa shape index (κ1) is 12.0. The van der Waals surface area contributed by atoms with E-state index in [1.807, 2.05) is 0 Å². The van der Waals surface area contributed by atoms with E-state index < -0.39 is 0 Å². The van der Waals surface area contributed by atoms with Gasteiger partial charge in [0.15, 0.2) is 0 Å². The first-order chi connectivity index (χ1) is 6.49. The van der Waals surface area contributed by atoms with Gasteiger partial charge in [0.05, 0.1) is 6.10 Å². The molecule has 6 atom stereocenters. The van der Waals surface area contributed by atoms with Crippen molar-refractivity contribution in [2.45, 2.75) is 53.6 Å². The van der Waals surface area contributed by atoms with Gasteiger partial charge in [-0.2, -0.15) is 0 Å². The second-order valence-electron chi connectivity index (χ2n) is 5.50. The summed E-state index contributed by atoms with van der Waals surface area (Å²) in [6.45, 7) is 11.3. The van der Waals surface area contributed by atoms with Gasteiger partial charge in [0.2, 0.25) is 0 Å². The monoisotopic (exact) mass is 198 g/mol. The zero-order valence-electron chi connectivity index (χ0n) is 10.3. The predicted molar refractivity (Wildman–Crippen MR) is 61.1 cm³/mol. The molecular weight excluding hydrogens is 172 g/mol. The van der Waals surface area contributed by atoms with Crippen molar-refractivity contribution in [1.82, 2.24) is 0 Å². The first-order valence-corrected chi connectivity index (χ1v) is 6.17. The fourth-order valence-corrected chi connectivity index (χ4v) is 3.15. The second kappa shape index (κ2) is 4.65. The van der Waals surface area contributed by atoms with E-state index in [0.717, 1.165) is 0 Å². The molecule has 6 unspecified atom stereocenters. The van der Waals surface area contributed by atoms with Crippen LogP contribution in [-0.4, -0.2) is 11.2 Å². The molecule has 0 radical (unpaired) electrons. The Morgan fingerprint density at radius 3 is 2.29 bits per heavy atom. The van der Waals surface area contributed by atoms with Crippen molar-refractivity contribution < 1.29 is 5.11 Å². The summed E-state index contributed by atoms with van der Waals surface area (Å²) in [4.78, 5) is 0. The smallest absolute Gasteiger partial charge is 0.0601 e. The van der Waals surface area contributed by atoms with Crippen LogP contribution in [0.1, 0.15) is 47.5 Å². The number of aliphatic hydroxyl groups is 1. The molecular formula is C13H26O. The normalized spacial score (nSPS) is 46.3. The number of hydrogen-bond donors (Lipinski definition) is 1. The summed E-state index contributed by atoms with van der Waals surface area (Å²) in [5, 5.41) is 10.3. The van der Waals surface area contributed by atoms with Crippen LogP contribution < -0.4 is 0 Å². The van der Waals surface area contributed by atoms with Crippen molar-refractivity contribution in [2.24, 2.45) is 29.6 Å². The third-order valence-corrected chi connectivity index (χ3v) is 4.53. The van der Waals surface area contributed by atoms with Crippen molar-refractivity contribution >= 4 is 0 Å². The van der Waals surface area contributed by atoms with Crippen LogP contribution in [0.5, 0.6) is 0 Å². The molecule has 1 rings (SSSR count). The van der Waals surface area contributed by atoms with Crippen LogP contribution in [-0.2, 0) is 0 Å². The van der Waals surface area contributed by atoms with Crippen LogP contribution in [0.3, 0.4) is 0 Å². The minimum atomic E-state index is -0.0799. The Bertz CT molecular complexity index is 178. The summed E-state index contributed by atoms with van der Waals surface area (Å²) >= 11 is 0. The minimum Gasteiger partial charge on any atom is -0.393 e. The fourth-order valence-electron chi connectivity index (χ4n) is 3.15. The van der Waals surface area contributed by atoms with Gasteiger partial charge in [-0.25, -0.2) is 0 Å². The lowest BCUT2D eigenvalue weighted by atomic mass is 9.64. The molecule has 1 N–H and O–H groups in total. The molecule has 1 aliphatic rings. The average molecular weight is 198 g/mol. The van der Waals surface area contributed by atoms with Crippen LogP contribution in [0.15, 0.2) is 0 Å². The lowest BCUT2D eigenvalue weighted by molar-refractivity contribution is -0.0524. The highest BCUT2D eigenvalue weighted by Gasteiger charge is 2.39. The molecule has 84 valence electrons. The van der Waals surface area contributed by atoms with E-state index in [1.54, 1.807) is 0 Å². The predicted octanol–water partition coefficient (Wildman–Crippen LogP) is 3.32. The molecule has 0 aromatic heterocycles. The largest absolute Gasteiger partial charge is 0.393 e. The SMILES string of the molecule is CCC(C)C1C(C)CC(C)C(C)C1O. The molecule has 1 saturated carbocycles. The van der Waals surface area contributed by atoms with Crippen molar-refractivity contribution in [3.8, 4) is 0 Å². The topological polar surface area (TPSA) is 20.2 Å². The van der Waals surface area contributed by atoms with Gasteiger partial charge >= 0.3 is 0 Å². The van der Waals surface area contributed by atoms with Gasteiger partial charge in [0, 0.05) is 0 Å². The molecule has 1 aliphatic carbocycles. The minimum absolute atomic E-state index is 0.0799. The van der Waals surface area contributed by atoms with Crippen molar-refractivity contribution in [3.05, 3.63) is 0 Å². The number of rotatable bonds is 2. The molecule has 0 spiro atoms. The highest BCUT2D eigenvalue weighted by molar-refractivity contribution is 4.89. The summed E-state index contributed by atoms with van der Waals surface area (Å²) in [5.41, 5.74) is 0. The Morgan fingerprint density at radius 1 is 1.21 bits per heavy atom. The summed E-state index contributed by atoms with van der Waals surface area (Å²) in [7, 11) is 0. The van der Waals surface area contributed by atoms with E-state index in [-0.39, 0.29) is 6.10 Å². The molecule has 0 bridgehead atoms. The first-order valence-electron chi connectivity index (χ1n) is 6.17. The van der Waals surface area contributed by atoms with E-state index in [2.05, 4.69) is 34.6 Å². The van der Waals surface area contributed by atoms with Gasteiger partial charge in [0.25, 0.3) is 0 Å². The van der Waals surface area contributed by atoms with Gasteiger partial charge < -0.3 is 5.11 Å². The Hall–Kier alpha value is -0.0400. The Kier molecular flexibility index (Phi) is 4.00. The molecule has 0 amide bonds. The van der Waals surface area contributed by atoms with Crippen LogP contribution in [0.25, 0.3) is 0 Å².